The van der Waals surface area contributed by atoms with Crippen LogP contribution in [0.5, 0.6) is 5.75 Å². The molecule has 8 N–H and O–H groups in total. The van der Waals surface area contributed by atoms with E-state index in [1.807, 2.05) is 0 Å². The smallest absolute Gasteiger partial charge is 0.326 e. The summed E-state index contributed by atoms with van der Waals surface area (Å²) in [5.74, 6) is -2.86. The summed E-state index contributed by atoms with van der Waals surface area (Å²) in [6.45, 7) is 0.245. The number of carboxylic acid groups (broad SMARTS) is 1. The molecule has 14 heteroatoms. The summed E-state index contributed by atoms with van der Waals surface area (Å²) in [4.78, 5) is 66.8. The highest BCUT2D eigenvalue weighted by Crippen LogP contribution is 2.20. The zero-order valence-electron chi connectivity index (χ0n) is 21.6. The van der Waals surface area contributed by atoms with Crippen molar-refractivity contribution in [2.45, 2.75) is 56.3 Å². The van der Waals surface area contributed by atoms with Gasteiger partial charge in [0.1, 0.15) is 23.9 Å². The maximum Gasteiger partial charge on any atom is 0.326 e. The number of likely N-dealkylation sites (tertiary alicyclic amines) is 1. The third-order valence-electron chi connectivity index (χ3n) is 6.76. The average molecular weight is 553 g/mol. The monoisotopic (exact) mass is 552 g/mol. The van der Waals surface area contributed by atoms with Crippen LogP contribution in [-0.2, 0) is 38.4 Å². The van der Waals surface area contributed by atoms with Gasteiger partial charge in [-0.05, 0) is 30.5 Å². The normalized spacial score (nSPS) is 17.1. The highest BCUT2D eigenvalue weighted by molar-refractivity contribution is 5.94. The number of phenols is 1. The van der Waals surface area contributed by atoms with Crippen molar-refractivity contribution in [1.29, 1.82) is 0 Å². The largest absolute Gasteiger partial charge is 0.508 e. The van der Waals surface area contributed by atoms with Gasteiger partial charge in [0.25, 0.3) is 0 Å². The zero-order chi connectivity index (χ0) is 28.6. The quantitative estimate of drug-likeness (QED) is 0.150. The van der Waals surface area contributed by atoms with E-state index in [-0.39, 0.29) is 31.6 Å². The van der Waals surface area contributed by atoms with Crippen LogP contribution in [-0.4, -0.2) is 89.5 Å². The minimum atomic E-state index is -1.13. The maximum absolute atomic E-state index is 13.6. The Morgan fingerprint density at radius 3 is 2.17 bits per heavy atom. The number of nitrogens with zero attached hydrogens (tertiary/aromatic N) is 3. The SMILES string of the molecule is NC(Cc1cnc[nH]1)C(=O)NC(Cc1cnc[nH]1)C(=O)NC(Cc1ccc(O)cc1)C(=O)N1CCCC1C(=O)O. The molecule has 0 bridgehead atoms. The van der Waals surface area contributed by atoms with E-state index in [9.17, 15) is 29.4 Å². The molecule has 1 fully saturated rings. The number of imidazole rings is 2. The Morgan fingerprint density at radius 2 is 1.57 bits per heavy atom. The minimum Gasteiger partial charge on any atom is -0.508 e. The Hall–Kier alpha value is -4.72. The number of aromatic hydroxyl groups is 1. The number of rotatable bonds is 12. The van der Waals surface area contributed by atoms with Crippen LogP contribution >= 0.6 is 0 Å². The van der Waals surface area contributed by atoms with E-state index in [1.165, 1.54) is 35.9 Å². The van der Waals surface area contributed by atoms with E-state index < -0.39 is 47.9 Å². The number of carbonyl (C=O) groups excluding carboxylic acids is 3. The van der Waals surface area contributed by atoms with Crippen molar-refractivity contribution in [3.63, 3.8) is 0 Å². The molecule has 0 saturated carbocycles. The first kappa shape index (κ1) is 28.3. The number of nitrogens with two attached hydrogens (primary N) is 1. The number of aliphatic carboxylic acids is 1. The van der Waals surface area contributed by atoms with Crippen molar-refractivity contribution in [2.24, 2.45) is 5.73 Å². The van der Waals surface area contributed by atoms with Gasteiger partial charge >= 0.3 is 5.97 Å². The Bertz CT molecular complexity index is 1300. The first-order chi connectivity index (χ1) is 19.2. The number of carbonyl (C=O) groups is 4. The predicted octanol–water partition coefficient (Wildman–Crippen LogP) is -0.761. The molecule has 0 radical (unpaired) electrons. The van der Waals surface area contributed by atoms with E-state index in [0.29, 0.717) is 29.8 Å². The van der Waals surface area contributed by atoms with Crippen molar-refractivity contribution in [1.82, 2.24) is 35.5 Å². The Labute approximate surface area is 229 Å². The summed E-state index contributed by atoms with van der Waals surface area (Å²) in [7, 11) is 0. The Balaban J connectivity index is 1.54. The lowest BCUT2D eigenvalue weighted by Crippen LogP contribution is -2.58. The molecule has 1 aromatic carbocycles. The molecule has 0 aliphatic carbocycles. The number of H-pyrrole nitrogens is 2. The molecule has 2 aromatic heterocycles. The van der Waals surface area contributed by atoms with E-state index in [1.54, 1.807) is 18.3 Å². The third-order valence-corrected chi connectivity index (χ3v) is 6.76. The molecule has 1 aliphatic rings. The van der Waals surface area contributed by atoms with Crippen molar-refractivity contribution in [3.05, 3.63) is 66.3 Å². The molecular formula is C26H32N8O6. The van der Waals surface area contributed by atoms with Crippen LogP contribution in [0.2, 0.25) is 0 Å². The van der Waals surface area contributed by atoms with Gasteiger partial charge in [0.05, 0.1) is 18.7 Å². The van der Waals surface area contributed by atoms with Crippen LogP contribution in [0, 0.1) is 0 Å². The van der Waals surface area contributed by atoms with E-state index in [4.69, 9.17) is 5.73 Å². The number of aromatic amines is 2. The highest BCUT2D eigenvalue weighted by Gasteiger charge is 2.38. The predicted molar refractivity (Wildman–Crippen MR) is 141 cm³/mol. The second kappa shape index (κ2) is 12.9. The molecule has 40 heavy (non-hydrogen) atoms. The lowest BCUT2D eigenvalue weighted by Gasteiger charge is -2.29. The average Bonchev–Trinajstić information content (AvgIpc) is 3.72. The van der Waals surface area contributed by atoms with E-state index >= 15 is 0 Å². The van der Waals surface area contributed by atoms with Crippen LogP contribution in [0.1, 0.15) is 29.8 Å². The summed E-state index contributed by atoms with van der Waals surface area (Å²) in [6, 6.07) is 1.91. The number of nitrogens with one attached hydrogen (secondary N) is 4. The fourth-order valence-corrected chi connectivity index (χ4v) is 4.66. The molecule has 212 valence electrons. The Kier molecular flexibility index (Phi) is 9.11. The first-order valence-electron chi connectivity index (χ1n) is 12.8. The summed E-state index contributed by atoms with van der Waals surface area (Å²) in [5, 5.41) is 24.6. The van der Waals surface area contributed by atoms with Gasteiger partial charge in [0.15, 0.2) is 0 Å². The van der Waals surface area contributed by atoms with Gasteiger partial charge in [-0.2, -0.15) is 0 Å². The highest BCUT2D eigenvalue weighted by atomic mass is 16.4. The van der Waals surface area contributed by atoms with Gasteiger partial charge < -0.3 is 41.4 Å². The van der Waals surface area contributed by atoms with Gasteiger partial charge in [0.2, 0.25) is 17.7 Å². The third kappa shape index (κ3) is 7.22. The molecule has 4 atom stereocenters. The number of phenolic OH excluding ortho intramolecular Hbond substituents is 1. The van der Waals surface area contributed by atoms with Crippen LogP contribution in [0.25, 0.3) is 0 Å². The van der Waals surface area contributed by atoms with Crippen molar-refractivity contribution >= 4 is 23.7 Å². The molecule has 1 aliphatic heterocycles. The van der Waals surface area contributed by atoms with E-state index in [0.717, 1.165) is 0 Å². The zero-order valence-corrected chi connectivity index (χ0v) is 21.6. The number of aromatic nitrogens is 4. The molecule has 0 spiro atoms. The second-order valence-corrected chi connectivity index (χ2v) is 9.69. The molecule has 3 heterocycles. The molecule has 1 saturated heterocycles. The summed E-state index contributed by atoms with van der Waals surface area (Å²) >= 11 is 0. The van der Waals surface area contributed by atoms with Crippen LogP contribution < -0.4 is 16.4 Å². The molecular weight excluding hydrogens is 520 g/mol. The van der Waals surface area contributed by atoms with Gasteiger partial charge in [-0.1, -0.05) is 12.1 Å². The number of carboxylic acids is 1. The lowest BCUT2D eigenvalue weighted by atomic mass is 10.0. The summed E-state index contributed by atoms with van der Waals surface area (Å²) in [6.07, 6.45) is 7.04. The molecule has 3 aromatic rings. The Morgan fingerprint density at radius 1 is 0.950 bits per heavy atom. The van der Waals surface area contributed by atoms with Crippen LogP contribution in [0.4, 0.5) is 0 Å². The van der Waals surface area contributed by atoms with Gasteiger partial charge in [-0.25, -0.2) is 14.8 Å². The second-order valence-electron chi connectivity index (χ2n) is 9.69. The standard InChI is InChI=1S/C26H32N8O6/c27-19(9-16-11-28-13-30-16)23(36)32-20(10-17-12-29-14-31-17)24(37)33-21(8-15-3-5-18(35)6-4-15)25(38)34-7-1-2-22(34)26(39)40/h3-6,11-14,19-22,35H,1-2,7-10,27H2,(H,28,30)(H,29,31)(H,32,36)(H,33,37)(H,39,40). The van der Waals surface area contributed by atoms with Crippen molar-refractivity contribution < 1.29 is 29.4 Å². The molecule has 14 nitrogen and oxygen atoms in total. The topological polar surface area (TPSA) is 219 Å². The summed E-state index contributed by atoms with van der Waals surface area (Å²) < 4.78 is 0. The molecule has 3 amide bonds. The summed E-state index contributed by atoms with van der Waals surface area (Å²) in [5.41, 5.74) is 7.92. The lowest BCUT2D eigenvalue weighted by molar-refractivity contribution is -0.149. The number of hydrogen-bond donors (Lipinski definition) is 7. The number of benzene rings is 1. The fourth-order valence-electron chi connectivity index (χ4n) is 4.66. The number of amides is 3. The van der Waals surface area contributed by atoms with Crippen molar-refractivity contribution in [3.8, 4) is 5.75 Å². The molecule has 4 unspecified atom stereocenters. The molecule has 4 rings (SSSR count). The van der Waals surface area contributed by atoms with Crippen molar-refractivity contribution in [2.75, 3.05) is 6.54 Å². The number of hydrogen-bond acceptors (Lipinski definition) is 8. The van der Waals surface area contributed by atoms with E-state index in [2.05, 4.69) is 30.6 Å². The van der Waals surface area contributed by atoms with Crippen LogP contribution in [0.3, 0.4) is 0 Å². The van der Waals surface area contributed by atoms with Gasteiger partial charge in [0, 0.05) is 49.6 Å². The first-order valence-corrected chi connectivity index (χ1v) is 12.8. The van der Waals surface area contributed by atoms with Gasteiger partial charge in [-0.15, -0.1) is 0 Å². The minimum absolute atomic E-state index is 0.0370. The van der Waals surface area contributed by atoms with Gasteiger partial charge in [-0.3, -0.25) is 14.4 Å². The fraction of sp³-hybridized carbons (Fsp3) is 0.385. The maximum atomic E-state index is 13.6. The van der Waals surface area contributed by atoms with Crippen LogP contribution in [0.15, 0.2) is 49.3 Å².